The van der Waals surface area contributed by atoms with Crippen LogP contribution in [0, 0.1) is 0 Å². The molecule has 0 heterocycles. The van der Waals surface area contributed by atoms with Crippen LogP contribution in [-0.4, -0.2) is 38.4 Å². The van der Waals surface area contributed by atoms with Gasteiger partial charge in [-0.2, -0.15) is 0 Å². The molecule has 0 aromatic heterocycles. The number of carbonyl (C=O) groups excluding carboxylic acids is 1. The molecule has 0 saturated heterocycles. The summed E-state index contributed by atoms with van der Waals surface area (Å²) >= 11 is 0. The maximum atomic E-state index is 11.3. The van der Waals surface area contributed by atoms with Gasteiger partial charge in [0.05, 0.1) is 5.25 Å². The maximum absolute atomic E-state index is 11.3. The van der Waals surface area contributed by atoms with E-state index in [1.54, 1.807) is 6.92 Å². The molecule has 0 aliphatic heterocycles. The molecule has 3 N–H and O–H groups in total. The summed E-state index contributed by atoms with van der Waals surface area (Å²) in [6.45, 7) is 3.71. The minimum atomic E-state index is -3.37. The standard InChI is InChI=1S/C7H16N2O3S/c1-3-9-7(10)5-13(11,12)6(2)4-8/h6H,3-5,8H2,1-2H3,(H,9,10). The number of nitrogens with one attached hydrogen (secondary N) is 1. The highest BCUT2D eigenvalue weighted by Gasteiger charge is 2.22. The molecule has 1 atom stereocenters. The van der Waals surface area contributed by atoms with Crippen LogP contribution < -0.4 is 11.1 Å². The molecule has 0 aliphatic carbocycles. The van der Waals surface area contributed by atoms with E-state index in [9.17, 15) is 13.2 Å². The van der Waals surface area contributed by atoms with Gasteiger partial charge in [0, 0.05) is 13.1 Å². The van der Waals surface area contributed by atoms with Gasteiger partial charge in [-0.25, -0.2) is 8.42 Å². The SMILES string of the molecule is CCNC(=O)CS(=O)(=O)C(C)CN. The predicted molar refractivity (Wildman–Crippen MR) is 51.0 cm³/mol. The Morgan fingerprint density at radius 3 is 2.46 bits per heavy atom. The van der Waals surface area contributed by atoms with Crippen molar-refractivity contribution in [2.45, 2.75) is 19.1 Å². The second kappa shape index (κ2) is 5.18. The van der Waals surface area contributed by atoms with Crippen molar-refractivity contribution in [1.29, 1.82) is 0 Å². The molecule has 78 valence electrons. The lowest BCUT2D eigenvalue weighted by atomic mass is 10.5. The van der Waals surface area contributed by atoms with Crippen molar-refractivity contribution in [3.05, 3.63) is 0 Å². The molecule has 1 unspecified atom stereocenters. The lowest BCUT2D eigenvalue weighted by Crippen LogP contribution is -2.36. The molecular formula is C7H16N2O3S. The van der Waals surface area contributed by atoms with Crippen LogP contribution in [0.25, 0.3) is 0 Å². The van der Waals surface area contributed by atoms with Crippen LogP contribution >= 0.6 is 0 Å². The Hall–Kier alpha value is -0.620. The van der Waals surface area contributed by atoms with Gasteiger partial charge in [-0.05, 0) is 13.8 Å². The van der Waals surface area contributed by atoms with Crippen LogP contribution in [0.5, 0.6) is 0 Å². The minimum absolute atomic E-state index is 0.0434. The van der Waals surface area contributed by atoms with Crippen molar-refractivity contribution >= 4 is 15.7 Å². The van der Waals surface area contributed by atoms with E-state index in [0.717, 1.165) is 0 Å². The Morgan fingerprint density at radius 2 is 2.08 bits per heavy atom. The zero-order valence-electron chi connectivity index (χ0n) is 7.91. The number of carbonyl (C=O) groups is 1. The monoisotopic (exact) mass is 208 g/mol. The van der Waals surface area contributed by atoms with E-state index in [1.165, 1.54) is 6.92 Å². The molecular weight excluding hydrogens is 192 g/mol. The lowest BCUT2D eigenvalue weighted by molar-refractivity contribution is -0.118. The van der Waals surface area contributed by atoms with Gasteiger partial charge in [0.15, 0.2) is 9.84 Å². The average Bonchev–Trinajstić information content (AvgIpc) is 2.02. The predicted octanol–water partition coefficient (Wildman–Crippen LogP) is -1.12. The Morgan fingerprint density at radius 1 is 1.54 bits per heavy atom. The molecule has 0 aromatic carbocycles. The van der Waals surface area contributed by atoms with Crippen LogP contribution in [0.3, 0.4) is 0 Å². The van der Waals surface area contributed by atoms with Gasteiger partial charge in [-0.15, -0.1) is 0 Å². The molecule has 0 spiro atoms. The summed E-state index contributed by atoms with van der Waals surface area (Å²) in [6, 6.07) is 0. The zero-order chi connectivity index (χ0) is 10.5. The molecule has 5 nitrogen and oxygen atoms in total. The van der Waals surface area contributed by atoms with E-state index in [-0.39, 0.29) is 6.54 Å². The van der Waals surface area contributed by atoms with Gasteiger partial charge in [-0.3, -0.25) is 4.79 Å². The quantitative estimate of drug-likeness (QED) is 0.599. The minimum Gasteiger partial charge on any atom is -0.356 e. The van der Waals surface area contributed by atoms with Crippen molar-refractivity contribution < 1.29 is 13.2 Å². The van der Waals surface area contributed by atoms with Gasteiger partial charge < -0.3 is 11.1 Å². The van der Waals surface area contributed by atoms with E-state index in [0.29, 0.717) is 6.54 Å². The summed E-state index contributed by atoms with van der Waals surface area (Å²) in [5.41, 5.74) is 5.20. The number of hydrogen-bond donors (Lipinski definition) is 2. The first-order valence-electron chi connectivity index (χ1n) is 4.12. The molecule has 0 fully saturated rings. The summed E-state index contributed by atoms with van der Waals surface area (Å²) in [5.74, 6) is -0.943. The van der Waals surface area contributed by atoms with Crippen molar-refractivity contribution in [2.75, 3.05) is 18.8 Å². The Labute approximate surface area is 78.6 Å². The van der Waals surface area contributed by atoms with Gasteiger partial charge in [0.1, 0.15) is 5.75 Å². The fourth-order valence-electron chi connectivity index (χ4n) is 0.720. The number of sulfone groups is 1. The first kappa shape index (κ1) is 12.4. The molecule has 1 amide bonds. The van der Waals surface area contributed by atoms with Crippen LogP contribution in [0.1, 0.15) is 13.8 Å². The van der Waals surface area contributed by atoms with Crippen molar-refractivity contribution in [2.24, 2.45) is 5.73 Å². The van der Waals surface area contributed by atoms with Crippen LogP contribution in [-0.2, 0) is 14.6 Å². The molecule has 0 aliphatic rings. The lowest BCUT2D eigenvalue weighted by Gasteiger charge is -2.09. The maximum Gasteiger partial charge on any atom is 0.235 e. The number of amides is 1. The molecule has 0 rings (SSSR count). The van der Waals surface area contributed by atoms with Gasteiger partial charge >= 0.3 is 0 Å². The van der Waals surface area contributed by atoms with Crippen LogP contribution in [0.15, 0.2) is 0 Å². The van der Waals surface area contributed by atoms with Crippen molar-refractivity contribution in [3.63, 3.8) is 0 Å². The smallest absolute Gasteiger partial charge is 0.235 e. The second-order valence-electron chi connectivity index (χ2n) is 2.81. The highest BCUT2D eigenvalue weighted by Crippen LogP contribution is 1.99. The van der Waals surface area contributed by atoms with Crippen LogP contribution in [0.4, 0.5) is 0 Å². The topological polar surface area (TPSA) is 89.3 Å². The molecule has 0 bridgehead atoms. The fraction of sp³-hybridized carbons (Fsp3) is 0.857. The number of rotatable bonds is 5. The molecule has 0 radical (unpaired) electrons. The molecule has 6 heteroatoms. The fourth-order valence-corrected chi connectivity index (χ4v) is 1.77. The van der Waals surface area contributed by atoms with E-state index >= 15 is 0 Å². The summed E-state index contributed by atoms with van der Waals surface area (Å²) in [5, 5.41) is 1.76. The first-order chi connectivity index (χ1) is 5.94. The van der Waals surface area contributed by atoms with E-state index in [1.807, 2.05) is 0 Å². The van der Waals surface area contributed by atoms with E-state index < -0.39 is 26.7 Å². The Balaban J connectivity index is 4.26. The van der Waals surface area contributed by atoms with Crippen molar-refractivity contribution in [1.82, 2.24) is 5.32 Å². The normalized spacial score (nSPS) is 13.8. The number of nitrogens with two attached hydrogens (primary N) is 1. The summed E-state index contributed by atoms with van der Waals surface area (Å²) in [4.78, 5) is 10.9. The zero-order valence-corrected chi connectivity index (χ0v) is 8.73. The van der Waals surface area contributed by atoms with Gasteiger partial charge in [0.2, 0.25) is 5.91 Å². The van der Waals surface area contributed by atoms with E-state index in [4.69, 9.17) is 5.73 Å². The Bertz CT molecular complexity index is 261. The first-order valence-corrected chi connectivity index (χ1v) is 5.84. The summed E-state index contributed by atoms with van der Waals surface area (Å²) in [7, 11) is -3.37. The van der Waals surface area contributed by atoms with Gasteiger partial charge in [0.25, 0.3) is 0 Å². The highest BCUT2D eigenvalue weighted by atomic mass is 32.2. The molecule has 0 aromatic rings. The highest BCUT2D eigenvalue weighted by molar-refractivity contribution is 7.92. The summed E-state index contributed by atoms with van der Waals surface area (Å²) < 4.78 is 22.6. The third-order valence-electron chi connectivity index (χ3n) is 1.65. The summed E-state index contributed by atoms with van der Waals surface area (Å²) in [6.07, 6.45) is 0. The molecule has 0 saturated carbocycles. The third kappa shape index (κ3) is 4.23. The largest absolute Gasteiger partial charge is 0.356 e. The number of hydrogen-bond acceptors (Lipinski definition) is 4. The van der Waals surface area contributed by atoms with E-state index in [2.05, 4.69) is 5.32 Å². The Kier molecular flexibility index (Phi) is 4.94. The average molecular weight is 208 g/mol. The van der Waals surface area contributed by atoms with Crippen molar-refractivity contribution in [3.8, 4) is 0 Å². The molecule has 13 heavy (non-hydrogen) atoms. The second-order valence-corrected chi connectivity index (χ2v) is 5.23. The van der Waals surface area contributed by atoms with Crippen LogP contribution in [0.2, 0.25) is 0 Å². The third-order valence-corrected chi connectivity index (χ3v) is 3.73. The van der Waals surface area contributed by atoms with Gasteiger partial charge in [-0.1, -0.05) is 0 Å².